The number of rotatable bonds is 2. The maximum Gasteiger partial charge on any atom is 0.282 e. The van der Waals surface area contributed by atoms with Crippen LogP contribution >= 0.6 is 11.6 Å². The van der Waals surface area contributed by atoms with Gasteiger partial charge in [-0.25, -0.2) is 5.06 Å². The molecule has 66 valence electrons. The third kappa shape index (κ3) is 1.60. The molecule has 0 atom stereocenters. The molecule has 1 heterocycles. The summed E-state index contributed by atoms with van der Waals surface area (Å²) in [4.78, 5) is 16.0. The van der Waals surface area contributed by atoms with Gasteiger partial charge in [0.25, 0.3) is 5.91 Å². The Morgan fingerprint density at radius 3 is 2.83 bits per heavy atom. The van der Waals surface area contributed by atoms with Gasteiger partial charge in [0, 0.05) is 7.05 Å². The van der Waals surface area contributed by atoms with Crippen molar-refractivity contribution >= 4 is 17.5 Å². The third-order valence-corrected chi connectivity index (χ3v) is 1.70. The van der Waals surface area contributed by atoms with Gasteiger partial charge in [-0.15, -0.1) is 0 Å². The molecule has 0 saturated heterocycles. The molecule has 1 aromatic heterocycles. The highest BCUT2D eigenvalue weighted by atomic mass is 35.5. The molecule has 0 unspecified atom stereocenters. The molecule has 0 N–H and O–H groups in total. The summed E-state index contributed by atoms with van der Waals surface area (Å²) < 4.78 is 4.74. The van der Waals surface area contributed by atoms with Gasteiger partial charge in [0.05, 0.1) is 18.9 Å². The topological polar surface area (TPSA) is 42.7 Å². The molecule has 0 spiro atoms. The predicted molar refractivity (Wildman–Crippen MR) is 42.8 cm³/mol. The number of hydrogen-bond acceptors (Lipinski definition) is 3. The summed E-state index contributed by atoms with van der Waals surface area (Å²) in [6, 6.07) is 1.49. The van der Waals surface area contributed by atoms with Crippen LogP contribution in [0.2, 0.25) is 5.22 Å². The molecule has 1 rings (SSSR count). The van der Waals surface area contributed by atoms with Gasteiger partial charge in [-0.1, -0.05) is 0 Å². The Morgan fingerprint density at radius 1 is 1.75 bits per heavy atom. The molecule has 1 amide bonds. The average Bonchev–Trinajstić information content (AvgIpc) is 2.48. The van der Waals surface area contributed by atoms with Crippen molar-refractivity contribution < 1.29 is 14.0 Å². The maximum absolute atomic E-state index is 11.3. The molecule has 1 aromatic rings. The van der Waals surface area contributed by atoms with E-state index in [2.05, 4.69) is 4.84 Å². The van der Waals surface area contributed by atoms with Crippen LogP contribution in [0.15, 0.2) is 16.7 Å². The minimum Gasteiger partial charge on any atom is -0.452 e. The van der Waals surface area contributed by atoms with Crippen molar-refractivity contribution in [2.45, 2.75) is 0 Å². The second-order valence-corrected chi connectivity index (χ2v) is 2.44. The van der Waals surface area contributed by atoms with E-state index in [0.29, 0.717) is 5.56 Å². The Balaban J connectivity index is 2.85. The van der Waals surface area contributed by atoms with Crippen LogP contribution in [-0.4, -0.2) is 25.1 Å². The van der Waals surface area contributed by atoms with E-state index in [1.807, 2.05) is 0 Å². The van der Waals surface area contributed by atoms with E-state index in [4.69, 9.17) is 16.0 Å². The van der Waals surface area contributed by atoms with E-state index in [9.17, 15) is 4.79 Å². The van der Waals surface area contributed by atoms with Crippen molar-refractivity contribution in [2.75, 3.05) is 14.2 Å². The van der Waals surface area contributed by atoms with Crippen LogP contribution in [0.25, 0.3) is 0 Å². The standard InChI is InChI=1S/C7H8ClNO3/c1-9(11-2)7(10)5-3-4-12-6(5)8/h3-4H,1-2H3. The minimum atomic E-state index is -0.337. The first kappa shape index (κ1) is 9.09. The zero-order chi connectivity index (χ0) is 9.14. The van der Waals surface area contributed by atoms with Crippen LogP contribution in [0.4, 0.5) is 0 Å². The Hall–Kier alpha value is -1.00. The second kappa shape index (κ2) is 3.60. The highest BCUT2D eigenvalue weighted by molar-refractivity contribution is 6.32. The second-order valence-electron chi connectivity index (χ2n) is 2.09. The molecule has 0 aliphatic heterocycles. The molecule has 0 aliphatic carbocycles. The Bertz CT molecular complexity index is 284. The molecular formula is C7H8ClNO3. The monoisotopic (exact) mass is 189 g/mol. The van der Waals surface area contributed by atoms with Crippen LogP contribution in [0.1, 0.15) is 10.4 Å². The Kier molecular flexibility index (Phi) is 2.73. The van der Waals surface area contributed by atoms with Crippen molar-refractivity contribution in [2.24, 2.45) is 0 Å². The SMILES string of the molecule is CON(C)C(=O)c1ccoc1Cl. The molecule has 0 saturated carbocycles. The molecule has 5 heteroatoms. The number of furan rings is 1. The van der Waals surface area contributed by atoms with E-state index in [0.717, 1.165) is 5.06 Å². The number of hydrogen-bond donors (Lipinski definition) is 0. The molecular weight excluding hydrogens is 182 g/mol. The number of halogens is 1. The summed E-state index contributed by atoms with van der Waals surface area (Å²) in [5, 5.41) is 1.14. The normalized spacial score (nSPS) is 9.92. The van der Waals surface area contributed by atoms with Crippen molar-refractivity contribution in [1.82, 2.24) is 5.06 Å². The number of carbonyl (C=O) groups is 1. The van der Waals surface area contributed by atoms with Crippen LogP contribution < -0.4 is 0 Å². The van der Waals surface area contributed by atoms with Gasteiger partial charge in [0.2, 0.25) is 5.22 Å². The van der Waals surface area contributed by atoms with Crippen molar-refractivity contribution in [3.63, 3.8) is 0 Å². The third-order valence-electron chi connectivity index (χ3n) is 1.41. The fourth-order valence-corrected chi connectivity index (χ4v) is 0.894. The number of nitrogens with zero attached hydrogens (tertiary/aromatic N) is 1. The quantitative estimate of drug-likeness (QED) is 0.664. The van der Waals surface area contributed by atoms with E-state index in [-0.39, 0.29) is 11.1 Å². The summed E-state index contributed by atoms with van der Waals surface area (Å²) in [6.45, 7) is 0. The van der Waals surface area contributed by atoms with Gasteiger partial charge in [-0.05, 0) is 17.7 Å². The van der Waals surface area contributed by atoms with Crippen molar-refractivity contribution in [3.05, 3.63) is 23.1 Å². The summed E-state index contributed by atoms with van der Waals surface area (Å²) in [6.07, 6.45) is 1.35. The van der Waals surface area contributed by atoms with Crippen LogP contribution in [0.5, 0.6) is 0 Å². The number of hydroxylamine groups is 2. The molecule has 0 fully saturated rings. The summed E-state index contributed by atoms with van der Waals surface area (Å²) >= 11 is 5.57. The van der Waals surface area contributed by atoms with Gasteiger partial charge in [-0.3, -0.25) is 9.63 Å². The first-order valence-electron chi connectivity index (χ1n) is 3.22. The van der Waals surface area contributed by atoms with Gasteiger partial charge in [0.1, 0.15) is 0 Å². The van der Waals surface area contributed by atoms with Crippen LogP contribution in [0, 0.1) is 0 Å². The van der Waals surface area contributed by atoms with E-state index in [1.165, 1.54) is 26.5 Å². The zero-order valence-electron chi connectivity index (χ0n) is 6.70. The zero-order valence-corrected chi connectivity index (χ0v) is 7.46. The summed E-state index contributed by atoms with van der Waals surface area (Å²) in [5.41, 5.74) is 0.293. The molecule has 0 aromatic carbocycles. The fourth-order valence-electron chi connectivity index (χ4n) is 0.699. The first-order valence-corrected chi connectivity index (χ1v) is 3.59. The average molecular weight is 190 g/mol. The largest absolute Gasteiger partial charge is 0.452 e. The Labute approximate surface area is 74.6 Å². The van der Waals surface area contributed by atoms with E-state index in [1.54, 1.807) is 0 Å². The number of carbonyl (C=O) groups excluding carboxylic acids is 1. The summed E-state index contributed by atoms with van der Waals surface area (Å²) in [7, 11) is 2.89. The summed E-state index contributed by atoms with van der Waals surface area (Å²) in [5.74, 6) is -0.337. The van der Waals surface area contributed by atoms with E-state index >= 15 is 0 Å². The highest BCUT2D eigenvalue weighted by Crippen LogP contribution is 2.17. The molecule has 4 nitrogen and oxygen atoms in total. The fraction of sp³-hybridized carbons (Fsp3) is 0.286. The van der Waals surface area contributed by atoms with Gasteiger partial charge >= 0.3 is 0 Å². The molecule has 0 aliphatic rings. The van der Waals surface area contributed by atoms with Gasteiger partial charge in [-0.2, -0.15) is 0 Å². The predicted octanol–water partition coefficient (Wildman–Crippen LogP) is 1.57. The van der Waals surface area contributed by atoms with E-state index < -0.39 is 0 Å². The molecule has 0 bridgehead atoms. The van der Waals surface area contributed by atoms with Gasteiger partial charge < -0.3 is 4.42 Å². The Morgan fingerprint density at radius 2 is 2.42 bits per heavy atom. The van der Waals surface area contributed by atoms with Gasteiger partial charge in [0.15, 0.2) is 0 Å². The highest BCUT2D eigenvalue weighted by Gasteiger charge is 2.16. The molecule has 0 radical (unpaired) electrons. The lowest BCUT2D eigenvalue weighted by Gasteiger charge is -2.11. The lowest BCUT2D eigenvalue weighted by Crippen LogP contribution is -2.25. The lowest BCUT2D eigenvalue weighted by molar-refractivity contribution is -0.0757. The number of amides is 1. The maximum atomic E-state index is 11.3. The van der Waals surface area contributed by atoms with Crippen molar-refractivity contribution in [1.29, 1.82) is 0 Å². The van der Waals surface area contributed by atoms with Crippen LogP contribution in [0.3, 0.4) is 0 Å². The minimum absolute atomic E-state index is 0.0731. The molecule has 12 heavy (non-hydrogen) atoms. The first-order chi connectivity index (χ1) is 5.66. The lowest BCUT2D eigenvalue weighted by atomic mass is 10.3. The van der Waals surface area contributed by atoms with Crippen molar-refractivity contribution in [3.8, 4) is 0 Å². The smallest absolute Gasteiger partial charge is 0.282 e. The van der Waals surface area contributed by atoms with Crippen LogP contribution in [-0.2, 0) is 4.84 Å².